The van der Waals surface area contributed by atoms with E-state index in [1.54, 1.807) is 43.3 Å². The number of anilines is 2. The van der Waals surface area contributed by atoms with Gasteiger partial charge >= 0.3 is 5.97 Å². The summed E-state index contributed by atoms with van der Waals surface area (Å²) in [6.07, 6.45) is 0. The molecule has 0 saturated carbocycles. The van der Waals surface area contributed by atoms with Crippen LogP contribution in [0.5, 0.6) is 5.75 Å². The summed E-state index contributed by atoms with van der Waals surface area (Å²) in [4.78, 5) is 23.9. The van der Waals surface area contributed by atoms with Crippen molar-refractivity contribution in [1.29, 1.82) is 5.26 Å². The number of nitrogens with zero attached hydrogens (tertiary/aromatic N) is 2. The second-order valence-corrected chi connectivity index (χ2v) is 5.66. The van der Waals surface area contributed by atoms with Crippen LogP contribution in [-0.2, 0) is 9.53 Å². The van der Waals surface area contributed by atoms with Gasteiger partial charge in [0, 0.05) is 11.6 Å². The van der Waals surface area contributed by atoms with E-state index >= 15 is 0 Å². The highest BCUT2D eigenvalue weighted by Gasteiger charge is 2.15. The molecule has 9 heteroatoms. The van der Waals surface area contributed by atoms with Gasteiger partial charge in [-0.1, -0.05) is 29.8 Å². The number of benzene rings is 2. The number of nitriles is 1. The topological polar surface area (TPSA) is 113 Å². The van der Waals surface area contributed by atoms with Crippen LogP contribution in [-0.4, -0.2) is 31.3 Å². The highest BCUT2D eigenvalue weighted by atomic mass is 35.5. The molecule has 0 saturated heterocycles. The summed E-state index contributed by atoms with van der Waals surface area (Å²) in [6.45, 7) is 1.73. The predicted molar refractivity (Wildman–Crippen MR) is 106 cm³/mol. The van der Waals surface area contributed by atoms with Crippen molar-refractivity contribution in [3.63, 3.8) is 0 Å². The van der Waals surface area contributed by atoms with Gasteiger partial charge in [-0.3, -0.25) is 10.2 Å². The van der Waals surface area contributed by atoms with Gasteiger partial charge < -0.3 is 14.8 Å². The first-order chi connectivity index (χ1) is 13.5. The van der Waals surface area contributed by atoms with E-state index in [9.17, 15) is 9.59 Å². The molecule has 144 valence electrons. The Labute approximate surface area is 166 Å². The number of carbonyl (C=O) groups excluding carboxylic acids is 2. The van der Waals surface area contributed by atoms with Crippen molar-refractivity contribution in [2.45, 2.75) is 6.92 Å². The van der Waals surface area contributed by atoms with Gasteiger partial charge in [-0.05, 0) is 25.1 Å². The average Bonchev–Trinajstić information content (AvgIpc) is 2.71. The number of rotatable bonds is 7. The van der Waals surface area contributed by atoms with E-state index < -0.39 is 11.7 Å². The third-order valence-corrected chi connectivity index (χ3v) is 3.75. The molecule has 0 aliphatic heterocycles. The molecule has 0 fully saturated rings. The van der Waals surface area contributed by atoms with Gasteiger partial charge in [-0.25, -0.2) is 4.79 Å². The monoisotopic (exact) mass is 400 g/mol. The van der Waals surface area contributed by atoms with Crippen LogP contribution in [0, 0.1) is 11.3 Å². The Kier molecular flexibility index (Phi) is 7.37. The molecule has 0 aromatic heterocycles. The molecule has 0 aliphatic carbocycles. The quantitative estimate of drug-likeness (QED) is 0.418. The zero-order valence-corrected chi connectivity index (χ0v) is 15.9. The lowest BCUT2D eigenvalue weighted by Gasteiger charge is -2.13. The van der Waals surface area contributed by atoms with Gasteiger partial charge in [0.25, 0.3) is 5.91 Å². The summed E-state index contributed by atoms with van der Waals surface area (Å²) in [6, 6.07) is 13.2. The number of hydrazone groups is 1. The van der Waals surface area contributed by atoms with Crippen molar-refractivity contribution in [1.82, 2.24) is 0 Å². The fraction of sp³-hybridized carbons (Fsp3) is 0.158. The summed E-state index contributed by atoms with van der Waals surface area (Å²) in [7, 11) is 1.41. The van der Waals surface area contributed by atoms with Crippen LogP contribution >= 0.6 is 11.6 Å². The SMILES string of the molecule is CCOC(=O)C(C#N)=NNc1cc(Cl)c(NC(=O)c2ccccc2)cc1OC. The van der Waals surface area contributed by atoms with E-state index in [4.69, 9.17) is 26.3 Å². The average molecular weight is 401 g/mol. The fourth-order valence-electron chi connectivity index (χ4n) is 2.12. The number of carbonyl (C=O) groups is 2. The molecule has 0 radical (unpaired) electrons. The largest absolute Gasteiger partial charge is 0.494 e. The Hall–Kier alpha value is -3.57. The minimum absolute atomic E-state index is 0.116. The Morgan fingerprint density at radius 2 is 1.93 bits per heavy atom. The number of ether oxygens (including phenoxy) is 2. The summed E-state index contributed by atoms with van der Waals surface area (Å²) in [5, 5.41) is 15.6. The number of hydrogen-bond acceptors (Lipinski definition) is 7. The van der Waals surface area contributed by atoms with Crippen LogP contribution < -0.4 is 15.5 Å². The maximum atomic E-state index is 12.3. The molecule has 0 unspecified atom stereocenters. The third kappa shape index (κ3) is 5.22. The van der Waals surface area contributed by atoms with E-state index in [1.807, 2.05) is 0 Å². The molecule has 8 nitrogen and oxygen atoms in total. The van der Waals surface area contributed by atoms with Crippen molar-refractivity contribution >= 4 is 40.6 Å². The molecule has 0 heterocycles. The molecule has 0 bridgehead atoms. The Bertz CT molecular complexity index is 939. The molecular weight excluding hydrogens is 384 g/mol. The second kappa shape index (κ2) is 9.94. The molecule has 28 heavy (non-hydrogen) atoms. The molecule has 2 N–H and O–H groups in total. The molecule has 0 spiro atoms. The molecule has 1 amide bonds. The van der Waals surface area contributed by atoms with Crippen LogP contribution in [0.15, 0.2) is 47.6 Å². The van der Waals surface area contributed by atoms with Crippen LogP contribution in [0.3, 0.4) is 0 Å². The molecule has 0 aliphatic rings. The Morgan fingerprint density at radius 1 is 1.21 bits per heavy atom. The maximum absolute atomic E-state index is 12.3. The van der Waals surface area contributed by atoms with Crippen molar-refractivity contribution in [3.05, 3.63) is 53.1 Å². The highest BCUT2D eigenvalue weighted by molar-refractivity contribution is 6.43. The Morgan fingerprint density at radius 3 is 2.54 bits per heavy atom. The minimum atomic E-state index is -0.852. The van der Waals surface area contributed by atoms with Crippen LogP contribution in [0.1, 0.15) is 17.3 Å². The molecule has 2 aromatic rings. The van der Waals surface area contributed by atoms with E-state index in [0.717, 1.165) is 0 Å². The summed E-state index contributed by atoms with van der Waals surface area (Å²) < 4.78 is 9.99. The zero-order chi connectivity index (χ0) is 20.5. The highest BCUT2D eigenvalue weighted by Crippen LogP contribution is 2.34. The number of hydrogen-bond donors (Lipinski definition) is 2. The van der Waals surface area contributed by atoms with Gasteiger partial charge in [0.2, 0.25) is 5.71 Å². The van der Waals surface area contributed by atoms with E-state index in [0.29, 0.717) is 16.9 Å². The number of nitrogens with one attached hydrogen (secondary N) is 2. The first-order valence-electron chi connectivity index (χ1n) is 8.15. The lowest BCUT2D eigenvalue weighted by molar-refractivity contribution is -0.134. The first kappa shape index (κ1) is 20.7. The standard InChI is InChI=1S/C19H17ClN4O4/c1-3-28-19(26)16(11-21)24-23-15-9-13(20)14(10-17(15)27-2)22-18(25)12-7-5-4-6-8-12/h4-10,23H,3H2,1-2H3,(H,22,25). The van der Waals surface area contributed by atoms with Crippen molar-refractivity contribution in [3.8, 4) is 11.8 Å². The van der Waals surface area contributed by atoms with Crippen LogP contribution in [0.25, 0.3) is 0 Å². The van der Waals surface area contributed by atoms with E-state index in [2.05, 4.69) is 15.8 Å². The first-order valence-corrected chi connectivity index (χ1v) is 8.52. The van der Waals surface area contributed by atoms with Gasteiger partial charge in [0.1, 0.15) is 11.8 Å². The molecule has 0 atom stereocenters. The van der Waals surface area contributed by atoms with Crippen molar-refractivity contribution < 1.29 is 19.1 Å². The fourth-order valence-corrected chi connectivity index (χ4v) is 2.33. The molecular formula is C19H17ClN4O4. The van der Waals surface area contributed by atoms with Gasteiger partial charge in [-0.15, -0.1) is 0 Å². The van der Waals surface area contributed by atoms with E-state index in [-0.39, 0.29) is 23.3 Å². The van der Waals surface area contributed by atoms with Crippen LogP contribution in [0.4, 0.5) is 11.4 Å². The van der Waals surface area contributed by atoms with Crippen molar-refractivity contribution in [2.24, 2.45) is 5.10 Å². The molecule has 2 aromatic carbocycles. The van der Waals surface area contributed by atoms with E-state index in [1.165, 1.54) is 19.2 Å². The van der Waals surface area contributed by atoms with Crippen molar-refractivity contribution in [2.75, 3.05) is 24.5 Å². The number of halogens is 1. The van der Waals surface area contributed by atoms with Gasteiger partial charge in [-0.2, -0.15) is 10.4 Å². The zero-order valence-electron chi connectivity index (χ0n) is 15.2. The minimum Gasteiger partial charge on any atom is -0.494 e. The van der Waals surface area contributed by atoms with Crippen LogP contribution in [0.2, 0.25) is 5.02 Å². The number of amides is 1. The normalized spacial score (nSPS) is 10.6. The summed E-state index contributed by atoms with van der Waals surface area (Å²) in [5.74, 6) is -0.899. The predicted octanol–water partition coefficient (Wildman–Crippen LogP) is 3.46. The third-order valence-electron chi connectivity index (χ3n) is 3.44. The lowest BCUT2D eigenvalue weighted by Crippen LogP contribution is -2.17. The molecule has 2 rings (SSSR count). The smallest absolute Gasteiger partial charge is 0.369 e. The second-order valence-electron chi connectivity index (χ2n) is 5.26. The lowest BCUT2D eigenvalue weighted by atomic mass is 10.2. The maximum Gasteiger partial charge on any atom is 0.369 e. The van der Waals surface area contributed by atoms with Gasteiger partial charge in [0.05, 0.1) is 30.1 Å². The Balaban J connectivity index is 2.24. The number of methoxy groups -OCH3 is 1. The summed E-state index contributed by atoms with van der Waals surface area (Å²) in [5.41, 5.74) is 3.18. The summed E-state index contributed by atoms with van der Waals surface area (Å²) >= 11 is 6.24. The number of esters is 1. The van der Waals surface area contributed by atoms with Gasteiger partial charge in [0.15, 0.2) is 0 Å².